The van der Waals surface area contributed by atoms with Crippen LogP contribution in [0, 0.1) is 0 Å². The summed E-state index contributed by atoms with van der Waals surface area (Å²) in [5, 5.41) is 2.67. The zero-order valence-corrected chi connectivity index (χ0v) is 15.3. The standard InChI is InChI=1S/C16H16Cl2N2O3S/c1-10(2)20-24(22,23)15-8-12(13(17)9-14(15)18)16(21)19-11-6-4-3-5-7-11/h3-10,20H,1-2H3,(H,19,21). The predicted molar refractivity (Wildman–Crippen MR) is 96.3 cm³/mol. The fourth-order valence-electron chi connectivity index (χ4n) is 2.00. The smallest absolute Gasteiger partial charge is 0.257 e. The zero-order valence-electron chi connectivity index (χ0n) is 13.0. The molecule has 5 nitrogen and oxygen atoms in total. The molecule has 0 aliphatic carbocycles. The normalized spacial score (nSPS) is 11.5. The van der Waals surface area contributed by atoms with Crippen LogP contribution in [0.2, 0.25) is 10.0 Å². The highest BCUT2D eigenvalue weighted by Crippen LogP contribution is 2.29. The van der Waals surface area contributed by atoms with Gasteiger partial charge in [-0.25, -0.2) is 13.1 Å². The Morgan fingerprint density at radius 2 is 1.67 bits per heavy atom. The van der Waals surface area contributed by atoms with Gasteiger partial charge in [0.2, 0.25) is 10.0 Å². The van der Waals surface area contributed by atoms with Gasteiger partial charge in [0, 0.05) is 11.7 Å². The Labute approximate surface area is 151 Å². The summed E-state index contributed by atoms with van der Waals surface area (Å²) in [5.74, 6) is -0.524. The number of rotatable bonds is 5. The number of carbonyl (C=O) groups excluding carboxylic acids is 1. The van der Waals surface area contributed by atoms with Gasteiger partial charge >= 0.3 is 0 Å². The molecule has 0 bridgehead atoms. The van der Waals surface area contributed by atoms with E-state index in [-0.39, 0.29) is 26.5 Å². The molecule has 0 fully saturated rings. The Balaban J connectivity index is 2.41. The number of para-hydroxylation sites is 1. The highest BCUT2D eigenvalue weighted by molar-refractivity contribution is 7.89. The summed E-state index contributed by atoms with van der Waals surface area (Å²) >= 11 is 12.1. The monoisotopic (exact) mass is 386 g/mol. The first-order valence-corrected chi connectivity index (χ1v) is 9.32. The molecule has 2 rings (SSSR count). The molecule has 0 aromatic heterocycles. The number of nitrogens with one attached hydrogen (secondary N) is 2. The zero-order chi connectivity index (χ0) is 17.9. The summed E-state index contributed by atoms with van der Waals surface area (Å²) in [6, 6.07) is 10.9. The lowest BCUT2D eigenvalue weighted by Gasteiger charge is -2.13. The van der Waals surface area contributed by atoms with E-state index < -0.39 is 15.9 Å². The van der Waals surface area contributed by atoms with Gasteiger partial charge in [-0.3, -0.25) is 4.79 Å². The van der Waals surface area contributed by atoms with Crippen LogP contribution in [0.25, 0.3) is 0 Å². The maximum absolute atomic E-state index is 12.4. The lowest BCUT2D eigenvalue weighted by Crippen LogP contribution is -2.30. The van der Waals surface area contributed by atoms with E-state index in [2.05, 4.69) is 10.0 Å². The summed E-state index contributed by atoms with van der Waals surface area (Å²) in [7, 11) is -3.86. The Kier molecular flexibility index (Phi) is 5.87. The lowest BCUT2D eigenvalue weighted by atomic mass is 10.2. The van der Waals surface area contributed by atoms with Gasteiger partial charge in [-0.2, -0.15) is 0 Å². The number of sulfonamides is 1. The fraction of sp³-hybridized carbons (Fsp3) is 0.188. The average molecular weight is 387 g/mol. The van der Waals surface area contributed by atoms with Crippen LogP contribution in [-0.2, 0) is 10.0 Å². The third-order valence-electron chi connectivity index (χ3n) is 2.98. The number of hydrogen-bond donors (Lipinski definition) is 2. The highest BCUT2D eigenvalue weighted by Gasteiger charge is 2.23. The van der Waals surface area contributed by atoms with E-state index in [9.17, 15) is 13.2 Å². The molecule has 0 heterocycles. The van der Waals surface area contributed by atoms with Crippen molar-refractivity contribution in [2.24, 2.45) is 0 Å². The number of amides is 1. The second kappa shape index (κ2) is 7.53. The van der Waals surface area contributed by atoms with Gasteiger partial charge in [0.25, 0.3) is 5.91 Å². The maximum Gasteiger partial charge on any atom is 0.257 e. The molecule has 128 valence electrons. The molecule has 2 aromatic rings. The maximum atomic E-state index is 12.4. The number of anilines is 1. The van der Waals surface area contributed by atoms with E-state index in [0.29, 0.717) is 5.69 Å². The Morgan fingerprint density at radius 1 is 1.04 bits per heavy atom. The Bertz CT molecular complexity index is 853. The summed E-state index contributed by atoms with van der Waals surface area (Å²) in [5.41, 5.74) is 0.590. The second-order valence-electron chi connectivity index (χ2n) is 5.36. The number of hydrogen-bond acceptors (Lipinski definition) is 3. The van der Waals surface area contributed by atoms with Crippen LogP contribution < -0.4 is 10.0 Å². The predicted octanol–water partition coefficient (Wildman–Crippen LogP) is 3.93. The van der Waals surface area contributed by atoms with Gasteiger partial charge in [-0.1, -0.05) is 41.4 Å². The van der Waals surface area contributed by atoms with E-state index in [4.69, 9.17) is 23.2 Å². The quantitative estimate of drug-likeness (QED) is 0.816. The lowest BCUT2D eigenvalue weighted by molar-refractivity contribution is 0.102. The van der Waals surface area contributed by atoms with Crippen molar-refractivity contribution >= 4 is 44.8 Å². The third-order valence-corrected chi connectivity index (χ3v) is 5.41. The molecule has 2 aromatic carbocycles. The molecule has 0 unspecified atom stereocenters. The molecule has 0 saturated carbocycles. The van der Waals surface area contributed by atoms with E-state index >= 15 is 0 Å². The minimum absolute atomic E-state index is 0.0223. The number of carbonyl (C=O) groups is 1. The molecular weight excluding hydrogens is 371 g/mol. The first-order chi connectivity index (χ1) is 11.2. The summed E-state index contributed by atoms with van der Waals surface area (Å²) < 4.78 is 27.1. The number of benzene rings is 2. The highest BCUT2D eigenvalue weighted by atomic mass is 35.5. The first kappa shape index (κ1) is 18.7. The van der Waals surface area contributed by atoms with Crippen LogP contribution in [0.3, 0.4) is 0 Å². The van der Waals surface area contributed by atoms with Crippen LogP contribution in [0.1, 0.15) is 24.2 Å². The van der Waals surface area contributed by atoms with E-state index in [1.807, 2.05) is 6.07 Å². The molecule has 0 spiro atoms. The van der Waals surface area contributed by atoms with Gasteiger partial charge < -0.3 is 5.32 Å². The average Bonchev–Trinajstić information content (AvgIpc) is 2.46. The van der Waals surface area contributed by atoms with Crippen LogP contribution in [-0.4, -0.2) is 20.4 Å². The van der Waals surface area contributed by atoms with Crippen molar-refractivity contribution in [2.75, 3.05) is 5.32 Å². The molecule has 2 N–H and O–H groups in total. The summed E-state index contributed by atoms with van der Waals surface area (Å²) in [4.78, 5) is 12.2. The van der Waals surface area contributed by atoms with Crippen molar-refractivity contribution in [3.8, 4) is 0 Å². The fourth-order valence-corrected chi connectivity index (χ4v) is 4.11. The molecular formula is C16H16Cl2N2O3S. The topological polar surface area (TPSA) is 75.3 Å². The molecule has 0 aliphatic rings. The van der Waals surface area contributed by atoms with E-state index in [1.165, 1.54) is 12.1 Å². The Morgan fingerprint density at radius 3 is 2.25 bits per heavy atom. The molecule has 8 heteroatoms. The van der Waals surface area contributed by atoms with Crippen molar-refractivity contribution < 1.29 is 13.2 Å². The van der Waals surface area contributed by atoms with Crippen molar-refractivity contribution in [3.63, 3.8) is 0 Å². The van der Waals surface area contributed by atoms with Crippen molar-refractivity contribution in [2.45, 2.75) is 24.8 Å². The second-order valence-corrected chi connectivity index (χ2v) is 7.86. The third kappa shape index (κ3) is 4.48. The van der Waals surface area contributed by atoms with Crippen LogP contribution in [0.4, 0.5) is 5.69 Å². The van der Waals surface area contributed by atoms with Crippen molar-refractivity contribution in [1.82, 2.24) is 4.72 Å². The van der Waals surface area contributed by atoms with Gasteiger partial charge in [-0.05, 0) is 38.1 Å². The Hall–Kier alpha value is -1.60. The molecule has 0 aliphatic heterocycles. The van der Waals surface area contributed by atoms with Gasteiger partial charge in [0.15, 0.2) is 0 Å². The largest absolute Gasteiger partial charge is 0.322 e. The molecule has 1 amide bonds. The van der Waals surface area contributed by atoms with E-state index in [0.717, 1.165) is 0 Å². The van der Waals surface area contributed by atoms with Gasteiger partial charge in [0.1, 0.15) is 4.90 Å². The minimum atomic E-state index is -3.86. The van der Waals surface area contributed by atoms with Crippen LogP contribution in [0.15, 0.2) is 47.4 Å². The molecule has 24 heavy (non-hydrogen) atoms. The molecule has 0 radical (unpaired) electrons. The van der Waals surface area contributed by atoms with Crippen molar-refractivity contribution in [3.05, 3.63) is 58.1 Å². The minimum Gasteiger partial charge on any atom is -0.322 e. The summed E-state index contributed by atoms with van der Waals surface area (Å²) in [6.07, 6.45) is 0. The first-order valence-electron chi connectivity index (χ1n) is 7.08. The van der Waals surface area contributed by atoms with Crippen LogP contribution in [0.5, 0.6) is 0 Å². The SMILES string of the molecule is CC(C)NS(=O)(=O)c1cc(C(=O)Nc2ccccc2)c(Cl)cc1Cl. The number of halogens is 2. The van der Waals surface area contributed by atoms with Crippen LogP contribution >= 0.6 is 23.2 Å². The van der Waals surface area contributed by atoms with E-state index in [1.54, 1.807) is 38.1 Å². The van der Waals surface area contributed by atoms with Crippen molar-refractivity contribution in [1.29, 1.82) is 0 Å². The molecule has 0 saturated heterocycles. The van der Waals surface area contributed by atoms with Gasteiger partial charge in [0.05, 0.1) is 15.6 Å². The molecule has 0 atom stereocenters. The summed E-state index contributed by atoms with van der Waals surface area (Å²) in [6.45, 7) is 3.37. The van der Waals surface area contributed by atoms with Gasteiger partial charge in [-0.15, -0.1) is 0 Å².